The highest BCUT2D eigenvalue weighted by atomic mass is 16.8. The lowest BCUT2D eigenvalue weighted by Crippen LogP contribution is -2.72. The summed E-state index contributed by atoms with van der Waals surface area (Å²) in [6.07, 6.45) is -1.98. The Morgan fingerprint density at radius 1 is 1.05 bits per heavy atom. The molecule has 308 valence electrons. The third kappa shape index (κ3) is 8.14. The molecule has 3 aromatic heterocycles. The van der Waals surface area contributed by atoms with Crippen LogP contribution < -0.4 is 20.3 Å². The van der Waals surface area contributed by atoms with Gasteiger partial charge in [0.25, 0.3) is 0 Å². The standard InChI is InChI=1S/C42H41N3O14/c1-22-14-23(2)16-26(15-22)35-33-25(10-12-44-33)18-45(35)59-38-41(57-28-8-9-29-31(17-28)55-19-30(36(29)49)24-4-6-27(48)7-5-24)58-32(37(50)42(38,54)21-47)20-56-40(53)34(39(51)52)43-11-3-13-46/h4-10,12-19,32,34,37-38,41,43-44,47-48,50,54H,3,11,20-21H2,1-2H3,(H,51,52). The summed E-state index contributed by atoms with van der Waals surface area (Å²) < 4.78 is 24.8. The van der Waals surface area contributed by atoms with Crippen molar-refractivity contribution in [3.63, 3.8) is 0 Å². The summed E-state index contributed by atoms with van der Waals surface area (Å²) in [4.78, 5) is 58.6. The zero-order valence-electron chi connectivity index (χ0n) is 31.7. The Hall–Kier alpha value is -6.50. The highest BCUT2D eigenvalue weighted by molar-refractivity contribution is 5.98. The van der Waals surface area contributed by atoms with Gasteiger partial charge in [-0.25, -0.2) is 9.59 Å². The number of carbonyl (C=O) groups is 3. The highest BCUT2D eigenvalue weighted by Crippen LogP contribution is 2.36. The lowest BCUT2D eigenvalue weighted by Gasteiger charge is -2.48. The molecule has 3 aromatic carbocycles. The van der Waals surface area contributed by atoms with Crippen LogP contribution in [0.15, 0.2) is 94.6 Å². The number of phenols is 1. The number of carboxylic acids is 1. The number of rotatable bonds is 15. The number of aromatic nitrogens is 2. The van der Waals surface area contributed by atoms with E-state index in [2.05, 4.69) is 10.3 Å². The highest BCUT2D eigenvalue weighted by Gasteiger charge is 2.59. The summed E-state index contributed by atoms with van der Waals surface area (Å²) in [5, 5.41) is 57.2. The first kappa shape index (κ1) is 40.7. The van der Waals surface area contributed by atoms with E-state index < -0.39 is 61.4 Å². The molecular weight excluding hydrogens is 770 g/mol. The van der Waals surface area contributed by atoms with Gasteiger partial charge >= 0.3 is 11.9 Å². The second-order valence-corrected chi connectivity index (χ2v) is 14.3. The molecule has 59 heavy (non-hydrogen) atoms. The van der Waals surface area contributed by atoms with Gasteiger partial charge in [-0.05, 0) is 61.9 Å². The minimum Gasteiger partial charge on any atom is -0.508 e. The van der Waals surface area contributed by atoms with Gasteiger partial charge in [0.15, 0.2) is 11.0 Å². The molecule has 0 saturated carbocycles. The van der Waals surface area contributed by atoms with Crippen LogP contribution in [0.2, 0.25) is 0 Å². The number of carbonyl (C=O) groups excluding carboxylic acids is 2. The van der Waals surface area contributed by atoms with Gasteiger partial charge in [0.2, 0.25) is 18.4 Å². The normalized spacial score (nSPS) is 21.0. The van der Waals surface area contributed by atoms with Crippen molar-refractivity contribution in [3.8, 4) is 33.9 Å². The molecule has 1 aliphatic rings. The number of hydrogen-bond acceptors (Lipinski definition) is 14. The van der Waals surface area contributed by atoms with Crippen LogP contribution in [-0.4, -0.2) is 109 Å². The van der Waals surface area contributed by atoms with E-state index in [0.29, 0.717) is 23.1 Å². The van der Waals surface area contributed by atoms with Crippen LogP contribution in [0.1, 0.15) is 17.5 Å². The van der Waals surface area contributed by atoms with Gasteiger partial charge in [-0.3, -0.25) is 10.1 Å². The van der Waals surface area contributed by atoms with E-state index in [1.807, 2.05) is 32.0 Å². The van der Waals surface area contributed by atoms with Crippen LogP contribution in [0.5, 0.6) is 11.5 Å². The van der Waals surface area contributed by atoms with Crippen LogP contribution in [0, 0.1) is 13.8 Å². The van der Waals surface area contributed by atoms with Gasteiger partial charge in [0, 0.05) is 36.2 Å². The van der Waals surface area contributed by atoms with Crippen LogP contribution in [0.3, 0.4) is 0 Å². The third-order valence-corrected chi connectivity index (χ3v) is 10.0. The van der Waals surface area contributed by atoms with Gasteiger partial charge in [-0.1, -0.05) is 29.3 Å². The van der Waals surface area contributed by atoms with Crippen molar-refractivity contribution in [2.24, 2.45) is 0 Å². The average molecular weight is 812 g/mol. The molecule has 0 bridgehead atoms. The Labute approximate surface area is 334 Å². The molecule has 1 aliphatic heterocycles. The fraction of sp³-hybridized carbons (Fsp3) is 0.286. The smallest absolute Gasteiger partial charge is 0.334 e. The number of aromatic hydroxyl groups is 1. The fourth-order valence-electron chi connectivity index (χ4n) is 7.13. The molecule has 1 fully saturated rings. The summed E-state index contributed by atoms with van der Waals surface area (Å²) in [6.45, 7) is 1.79. The number of hydrogen-bond donors (Lipinski definition) is 7. The average Bonchev–Trinajstić information content (AvgIpc) is 3.80. The number of aliphatic hydroxyl groups excluding tert-OH is 2. The van der Waals surface area contributed by atoms with Gasteiger partial charge in [-0.2, -0.15) is 4.73 Å². The van der Waals surface area contributed by atoms with Crippen molar-refractivity contribution < 1.29 is 63.4 Å². The Morgan fingerprint density at radius 2 is 1.80 bits per heavy atom. The topological polar surface area (TPSA) is 252 Å². The van der Waals surface area contributed by atoms with E-state index >= 15 is 0 Å². The van der Waals surface area contributed by atoms with Crippen LogP contribution in [0.25, 0.3) is 44.3 Å². The number of aryl methyl sites for hydroxylation is 2. The Bertz CT molecular complexity index is 2540. The van der Waals surface area contributed by atoms with Gasteiger partial charge < -0.3 is 58.8 Å². The number of aromatic amines is 1. The molecule has 1 saturated heterocycles. The number of nitrogens with one attached hydrogen (secondary N) is 2. The van der Waals surface area contributed by atoms with Crippen LogP contribution in [0.4, 0.5) is 0 Å². The number of aldehydes is 1. The lowest BCUT2D eigenvalue weighted by atomic mass is 9.84. The Balaban J connectivity index is 1.25. The first-order valence-electron chi connectivity index (χ1n) is 18.5. The summed E-state index contributed by atoms with van der Waals surface area (Å²) in [5.41, 5.74) is 1.73. The number of fused-ring (bicyclic) bond motifs is 2. The molecule has 4 heterocycles. The zero-order chi connectivity index (χ0) is 42.0. The quantitative estimate of drug-likeness (QED) is 0.0341. The maximum atomic E-state index is 13.5. The lowest BCUT2D eigenvalue weighted by molar-refractivity contribution is -0.328. The van der Waals surface area contributed by atoms with Gasteiger partial charge in [-0.15, -0.1) is 0 Å². The summed E-state index contributed by atoms with van der Waals surface area (Å²) in [5.74, 6) is -2.81. The second kappa shape index (κ2) is 16.8. The first-order valence-corrected chi connectivity index (χ1v) is 18.5. The first-order chi connectivity index (χ1) is 28.3. The second-order valence-electron chi connectivity index (χ2n) is 14.3. The molecular formula is C42H41N3O14. The number of H-pyrrole nitrogens is 1. The number of carboxylic acid groups (broad SMARTS) is 1. The molecule has 17 nitrogen and oxygen atoms in total. The number of esters is 1. The predicted octanol–water partition coefficient (Wildman–Crippen LogP) is 2.59. The monoisotopic (exact) mass is 811 g/mol. The molecule has 0 radical (unpaired) electrons. The minimum atomic E-state index is -2.59. The van der Waals surface area contributed by atoms with Crippen molar-refractivity contribution in [2.45, 2.75) is 56.5 Å². The van der Waals surface area contributed by atoms with E-state index in [1.54, 1.807) is 30.6 Å². The van der Waals surface area contributed by atoms with E-state index in [-0.39, 0.29) is 46.4 Å². The summed E-state index contributed by atoms with van der Waals surface area (Å²) in [6, 6.07) is 16.1. The van der Waals surface area contributed by atoms with Gasteiger partial charge in [0.05, 0.1) is 29.3 Å². The van der Waals surface area contributed by atoms with E-state index in [1.165, 1.54) is 41.3 Å². The number of phenolic OH excluding ortho intramolecular Hbond substituents is 1. The molecule has 0 amide bonds. The molecule has 6 atom stereocenters. The van der Waals surface area contributed by atoms with Crippen LogP contribution >= 0.6 is 0 Å². The molecule has 6 aromatic rings. The predicted molar refractivity (Wildman–Crippen MR) is 210 cm³/mol. The number of benzene rings is 3. The minimum absolute atomic E-state index is 0.0253. The molecule has 7 N–H and O–H groups in total. The fourth-order valence-corrected chi connectivity index (χ4v) is 7.13. The number of nitrogens with zero attached hydrogens (tertiary/aromatic N) is 1. The number of ether oxygens (including phenoxy) is 3. The van der Waals surface area contributed by atoms with E-state index in [4.69, 9.17) is 23.5 Å². The number of aliphatic carboxylic acids is 1. The summed E-state index contributed by atoms with van der Waals surface area (Å²) >= 11 is 0. The van der Waals surface area contributed by atoms with E-state index in [9.17, 15) is 44.7 Å². The Kier molecular flexibility index (Phi) is 11.6. The van der Waals surface area contributed by atoms with Crippen molar-refractivity contribution in [1.29, 1.82) is 0 Å². The number of aliphatic hydroxyl groups is 3. The van der Waals surface area contributed by atoms with Crippen molar-refractivity contribution >= 4 is 40.1 Å². The van der Waals surface area contributed by atoms with Crippen molar-refractivity contribution in [1.82, 2.24) is 15.0 Å². The largest absolute Gasteiger partial charge is 0.508 e. The Morgan fingerprint density at radius 3 is 2.49 bits per heavy atom. The van der Waals surface area contributed by atoms with Crippen molar-refractivity contribution in [2.75, 3.05) is 19.8 Å². The maximum Gasteiger partial charge on any atom is 0.334 e. The van der Waals surface area contributed by atoms with Gasteiger partial charge in [0.1, 0.15) is 54.1 Å². The molecule has 6 unspecified atom stereocenters. The SMILES string of the molecule is Cc1cc(C)cc(-c2c3[nH]ccc3cn2OC2C(Oc3ccc4c(=O)c(-c5ccc(O)cc5)coc4c3)OC(COC(=O)C(NCCC=O)C(=O)O)C(O)C2(O)CO)c1. The molecule has 17 heteroatoms. The molecule has 0 aliphatic carbocycles. The van der Waals surface area contributed by atoms with Crippen molar-refractivity contribution in [3.05, 3.63) is 107 Å². The molecule has 7 rings (SSSR count). The maximum absolute atomic E-state index is 13.5. The van der Waals surface area contributed by atoms with Crippen LogP contribution in [-0.2, 0) is 23.9 Å². The molecule has 0 spiro atoms. The van der Waals surface area contributed by atoms with E-state index in [0.717, 1.165) is 22.1 Å². The summed E-state index contributed by atoms with van der Waals surface area (Å²) in [7, 11) is 0. The third-order valence-electron chi connectivity index (χ3n) is 10.0. The zero-order valence-corrected chi connectivity index (χ0v) is 31.7.